The molecule has 0 aliphatic heterocycles. The number of halogens is 1. The van der Waals surface area contributed by atoms with E-state index < -0.39 is 0 Å². The van der Waals surface area contributed by atoms with Gasteiger partial charge in [-0.15, -0.1) is 0 Å². The van der Waals surface area contributed by atoms with Crippen LogP contribution in [0.25, 0.3) is 0 Å². The molecule has 0 aliphatic carbocycles. The Labute approximate surface area is 194 Å². The van der Waals surface area contributed by atoms with Crippen molar-refractivity contribution in [2.75, 3.05) is 4.93 Å². The second kappa shape index (κ2) is 10.8. The molecular formula is C28H41I. The zero-order chi connectivity index (χ0) is 22.4. The molecule has 0 amide bonds. The van der Waals surface area contributed by atoms with E-state index >= 15 is 0 Å². The van der Waals surface area contributed by atoms with Gasteiger partial charge in [-0.2, -0.15) is 0 Å². The van der Waals surface area contributed by atoms with Gasteiger partial charge in [0.05, 0.1) is 0 Å². The summed E-state index contributed by atoms with van der Waals surface area (Å²) in [7, 11) is 0. The fourth-order valence-electron chi connectivity index (χ4n) is 3.97. The van der Waals surface area contributed by atoms with Crippen LogP contribution in [0.5, 0.6) is 0 Å². The summed E-state index contributed by atoms with van der Waals surface area (Å²) in [6, 6.07) is 13.8. The predicted octanol–water partition coefficient (Wildman–Crippen LogP) is 8.55. The molecular weight excluding hydrogens is 463 g/mol. The summed E-state index contributed by atoms with van der Waals surface area (Å²) >= 11 is 2.15. The Hall–Kier alpha value is -1.09. The van der Waals surface area contributed by atoms with Crippen molar-refractivity contribution in [3.05, 3.63) is 81.9 Å². The first-order valence-electron chi connectivity index (χ1n) is 10.7. The van der Waals surface area contributed by atoms with E-state index in [1.54, 1.807) is 0 Å². The van der Waals surface area contributed by atoms with Gasteiger partial charge in [-0.1, -0.05) is 120 Å². The van der Waals surface area contributed by atoms with Gasteiger partial charge in [0.1, 0.15) is 0 Å². The minimum atomic E-state index is 0.150. The van der Waals surface area contributed by atoms with Crippen molar-refractivity contribution in [1.29, 1.82) is 0 Å². The zero-order valence-electron chi connectivity index (χ0n) is 20.2. The molecule has 0 bridgehead atoms. The van der Waals surface area contributed by atoms with Crippen molar-refractivity contribution in [3.8, 4) is 0 Å². The van der Waals surface area contributed by atoms with Gasteiger partial charge < -0.3 is 0 Å². The van der Waals surface area contributed by atoms with Crippen molar-refractivity contribution in [3.63, 3.8) is 0 Å². The van der Waals surface area contributed by atoms with Crippen molar-refractivity contribution < 1.29 is 0 Å². The molecule has 0 saturated heterocycles. The normalized spacial score (nSPS) is 11.7. The minimum absolute atomic E-state index is 0.150. The van der Waals surface area contributed by atoms with Crippen LogP contribution in [0.15, 0.2) is 48.6 Å². The van der Waals surface area contributed by atoms with Gasteiger partial charge in [0.2, 0.25) is 0 Å². The number of alkyl halides is 1. The van der Waals surface area contributed by atoms with E-state index in [0.717, 1.165) is 19.3 Å². The van der Waals surface area contributed by atoms with Crippen LogP contribution in [0, 0.1) is 6.92 Å². The highest BCUT2D eigenvalue weighted by Crippen LogP contribution is 2.35. The summed E-state index contributed by atoms with van der Waals surface area (Å²) < 4.78 is 0. The summed E-state index contributed by atoms with van der Waals surface area (Å²) in [4.78, 5) is 1.97. The first kappa shape index (κ1) is 25.9. The summed E-state index contributed by atoms with van der Waals surface area (Å²) in [5.74, 6) is 0. The van der Waals surface area contributed by atoms with Gasteiger partial charge in [-0.25, -0.2) is 0 Å². The maximum atomic E-state index is 4.39. The lowest BCUT2D eigenvalue weighted by Gasteiger charge is -2.30. The molecule has 29 heavy (non-hydrogen) atoms. The standard InChI is InChI=1S/C27H38.CH3I/c1-10-21-11-13-22(14-12-21)15-19(2)16-23-17-24(26(4,5)6)20(3)25(18-23)27(7,8)9;1-2/h11-14,17-18H,2,10,15-16H2,1,3-9H3;1H3. The van der Waals surface area contributed by atoms with E-state index in [1.165, 1.54) is 39.0 Å². The van der Waals surface area contributed by atoms with Crippen molar-refractivity contribution in [2.24, 2.45) is 0 Å². The van der Waals surface area contributed by atoms with E-state index in [0.29, 0.717) is 0 Å². The molecule has 2 aromatic rings. The average molecular weight is 505 g/mol. The second-order valence-electron chi connectivity index (χ2n) is 10.1. The van der Waals surface area contributed by atoms with Crippen LogP contribution in [-0.2, 0) is 30.1 Å². The Bertz CT molecular complexity index is 761. The lowest BCUT2D eigenvalue weighted by molar-refractivity contribution is 0.559. The Kier molecular flexibility index (Phi) is 9.66. The molecule has 0 aromatic heterocycles. The number of hydrogen-bond donors (Lipinski definition) is 0. The number of benzene rings is 2. The van der Waals surface area contributed by atoms with Gasteiger partial charge in [-0.3, -0.25) is 0 Å². The molecule has 2 aromatic carbocycles. The third-order valence-corrected chi connectivity index (χ3v) is 5.42. The molecule has 0 fully saturated rings. The lowest BCUT2D eigenvalue weighted by atomic mass is 9.75. The topological polar surface area (TPSA) is 0 Å². The Morgan fingerprint density at radius 2 is 1.14 bits per heavy atom. The molecule has 0 atom stereocenters. The highest BCUT2D eigenvalue weighted by Gasteiger charge is 2.24. The largest absolute Gasteiger partial charge is 0.0992 e. The fourth-order valence-corrected chi connectivity index (χ4v) is 3.97. The maximum Gasteiger partial charge on any atom is -0.00663 e. The number of hydrogen-bond acceptors (Lipinski definition) is 0. The van der Waals surface area contributed by atoms with E-state index in [2.05, 4.69) is 121 Å². The highest BCUT2D eigenvalue weighted by atomic mass is 127. The van der Waals surface area contributed by atoms with Crippen molar-refractivity contribution in [2.45, 2.75) is 85.5 Å². The third-order valence-electron chi connectivity index (χ3n) is 5.42. The van der Waals surface area contributed by atoms with Crippen LogP contribution in [-0.4, -0.2) is 4.93 Å². The summed E-state index contributed by atoms with van der Waals surface area (Å²) in [6.07, 6.45) is 2.99. The predicted molar refractivity (Wildman–Crippen MR) is 141 cm³/mol. The monoisotopic (exact) mass is 504 g/mol. The van der Waals surface area contributed by atoms with E-state index in [-0.39, 0.29) is 10.8 Å². The Balaban J connectivity index is 0.00000204. The molecule has 0 unspecified atom stereocenters. The van der Waals surface area contributed by atoms with Gasteiger partial charge in [0.15, 0.2) is 0 Å². The molecule has 0 aliphatic rings. The second-order valence-corrected chi connectivity index (χ2v) is 10.1. The van der Waals surface area contributed by atoms with Crippen LogP contribution in [0.1, 0.15) is 81.8 Å². The third kappa shape index (κ3) is 7.59. The lowest BCUT2D eigenvalue weighted by Crippen LogP contribution is -2.20. The SMILES string of the molecule is C=C(Cc1ccc(CC)cc1)Cc1cc(C(C)(C)C)c(C)c(C(C)(C)C)c1.CI. The van der Waals surface area contributed by atoms with E-state index in [1.807, 2.05) is 4.93 Å². The molecule has 0 N–H and O–H groups in total. The molecule has 0 radical (unpaired) electrons. The van der Waals surface area contributed by atoms with Gasteiger partial charge in [-0.05, 0) is 75.3 Å². The highest BCUT2D eigenvalue weighted by molar-refractivity contribution is 14.1. The van der Waals surface area contributed by atoms with Crippen LogP contribution in [0.3, 0.4) is 0 Å². The van der Waals surface area contributed by atoms with Crippen LogP contribution < -0.4 is 0 Å². The number of allylic oxidation sites excluding steroid dienone is 1. The molecule has 160 valence electrons. The van der Waals surface area contributed by atoms with Gasteiger partial charge in [0.25, 0.3) is 0 Å². The van der Waals surface area contributed by atoms with Crippen molar-refractivity contribution >= 4 is 22.6 Å². The van der Waals surface area contributed by atoms with Crippen LogP contribution in [0.4, 0.5) is 0 Å². The molecule has 1 heteroatoms. The fraction of sp³-hybridized carbons (Fsp3) is 0.500. The molecule has 2 rings (SSSR count). The molecule has 0 nitrogen and oxygen atoms in total. The summed E-state index contributed by atoms with van der Waals surface area (Å²) in [5, 5.41) is 0. The number of aryl methyl sites for hydroxylation is 1. The average Bonchev–Trinajstić information content (AvgIpc) is 2.63. The maximum absolute atomic E-state index is 4.39. The molecule has 0 heterocycles. The first-order valence-corrected chi connectivity index (χ1v) is 12.8. The smallest absolute Gasteiger partial charge is 0.00663 e. The van der Waals surface area contributed by atoms with Crippen molar-refractivity contribution in [1.82, 2.24) is 0 Å². The van der Waals surface area contributed by atoms with Crippen LogP contribution in [0.2, 0.25) is 0 Å². The molecule has 0 spiro atoms. The van der Waals surface area contributed by atoms with E-state index in [4.69, 9.17) is 0 Å². The Morgan fingerprint density at radius 1 is 0.759 bits per heavy atom. The molecule has 0 saturated carbocycles. The minimum Gasteiger partial charge on any atom is -0.0992 e. The van der Waals surface area contributed by atoms with Crippen LogP contribution >= 0.6 is 22.6 Å². The van der Waals surface area contributed by atoms with Gasteiger partial charge in [0, 0.05) is 0 Å². The Morgan fingerprint density at radius 3 is 1.52 bits per heavy atom. The van der Waals surface area contributed by atoms with Gasteiger partial charge >= 0.3 is 0 Å². The quantitative estimate of drug-likeness (QED) is 0.217. The summed E-state index contributed by atoms with van der Waals surface area (Å²) in [5.41, 5.74) is 10.1. The summed E-state index contributed by atoms with van der Waals surface area (Å²) in [6.45, 7) is 22.8. The zero-order valence-corrected chi connectivity index (χ0v) is 22.3. The number of rotatable bonds is 5. The van der Waals surface area contributed by atoms with E-state index in [9.17, 15) is 0 Å². The first-order chi connectivity index (χ1) is 13.4.